The van der Waals surface area contributed by atoms with Crippen molar-refractivity contribution >= 4 is 21.4 Å². The summed E-state index contributed by atoms with van der Waals surface area (Å²) in [5.74, 6) is -0.220. The highest BCUT2D eigenvalue weighted by atomic mass is 32.2. The first-order valence-electron chi connectivity index (χ1n) is 7.24. The molecule has 0 fully saturated rings. The Morgan fingerprint density at radius 1 is 1.12 bits per heavy atom. The third-order valence-corrected chi connectivity index (χ3v) is 4.87. The molecule has 3 rings (SSSR count). The molecule has 0 aliphatic heterocycles. The summed E-state index contributed by atoms with van der Waals surface area (Å²) < 4.78 is 40.3. The van der Waals surface area contributed by atoms with Crippen molar-refractivity contribution in [2.45, 2.75) is 4.90 Å². The molecule has 0 saturated carbocycles. The number of halogens is 1. The zero-order valence-electron chi connectivity index (χ0n) is 13.4. The second kappa shape index (κ2) is 6.57. The van der Waals surface area contributed by atoms with Crippen LogP contribution in [0.1, 0.15) is 0 Å². The van der Waals surface area contributed by atoms with Crippen molar-refractivity contribution in [2.24, 2.45) is 7.05 Å². The highest BCUT2D eigenvalue weighted by Gasteiger charge is 2.18. The number of hydrogen-bond donors (Lipinski definition) is 2. The number of anilines is 2. The van der Waals surface area contributed by atoms with Gasteiger partial charge < -0.3 is 5.32 Å². The van der Waals surface area contributed by atoms with E-state index in [1.54, 1.807) is 25.2 Å². The Labute approximate surface area is 143 Å². The maximum absolute atomic E-state index is 13.9. The van der Waals surface area contributed by atoms with Crippen LogP contribution in [0.3, 0.4) is 0 Å². The van der Waals surface area contributed by atoms with Gasteiger partial charge in [0.15, 0.2) is 0 Å². The third kappa shape index (κ3) is 3.49. The van der Waals surface area contributed by atoms with Gasteiger partial charge in [-0.15, -0.1) is 10.2 Å². The minimum atomic E-state index is -3.65. The highest BCUT2D eigenvalue weighted by molar-refractivity contribution is 7.89. The number of nitrogens with one attached hydrogen (secondary N) is 2. The van der Waals surface area contributed by atoms with Gasteiger partial charge in [-0.3, -0.25) is 0 Å². The van der Waals surface area contributed by atoms with Gasteiger partial charge in [0.1, 0.15) is 5.82 Å². The van der Waals surface area contributed by atoms with E-state index < -0.39 is 15.8 Å². The molecular weight excluding hydrogens is 347 g/mol. The van der Waals surface area contributed by atoms with E-state index in [0.717, 1.165) is 0 Å². The van der Waals surface area contributed by atoms with E-state index in [1.807, 2.05) is 0 Å². The zero-order chi connectivity index (χ0) is 18.0. The standard InChI is InChI=1S/C15H15FN6O2S/c1-17-25(23,24)10-7-8-13(18-14-6-4-3-5-12(14)16)11(9-10)15-19-21-22(2)20-15/h3-9,17-18H,1-2H3. The summed E-state index contributed by atoms with van der Waals surface area (Å²) in [6, 6.07) is 10.5. The first-order valence-corrected chi connectivity index (χ1v) is 8.72. The fourth-order valence-electron chi connectivity index (χ4n) is 2.20. The molecule has 1 heterocycles. The number of para-hydroxylation sites is 1. The summed E-state index contributed by atoms with van der Waals surface area (Å²) in [6.07, 6.45) is 0. The molecule has 0 bridgehead atoms. The van der Waals surface area contributed by atoms with Crippen LogP contribution in [0.5, 0.6) is 0 Å². The maximum Gasteiger partial charge on any atom is 0.240 e. The van der Waals surface area contributed by atoms with Crippen LogP contribution in [0.25, 0.3) is 11.4 Å². The molecular formula is C15H15FN6O2S. The van der Waals surface area contributed by atoms with Crippen molar-refractivity contribution in [3.05, 3.63) is 48.3 Å². The number of benzene rings is 2. The Hall–Kier alpha value is -2.85. The second-order valence-corrected chi connectivity index (χ2v) is 7.01. The van der Waals surface area contributed by atoms with Gasteiger partial charge in [-0.1, -0.05) is 12.1 Å². The van der Waals surface area contributed by atoms with Gasteiger partial charge in [-0.25, -0.2) is 17.5 Å². The molecule has 0 aliphatic rings. The number of hydrogen-bond acceptors (Lipinski definition) is 6. The summed E-state index contributed by atoms with van der Waals surface area (Å²) in [6.45, 7) is 0. The Kier molecular flexibility index (Phi) is 4.47. The summed E-state index contributed by atoms with van der Waals surface area (Å²) >= 11 is 0. The molecule has 0 atom stereocenters. The molecule has 2 aromatic carbocycles. The molecule has 0 saturated heterocycles. The molecule has 0 aliphatic carbocycles. The fraction of sp³-hybridized carbons (Fsp3) is 0.133. The first kappa shape index (κ1) is 17.0. The molecule has 10 heteroatoms. The minimum Gasteiger partial charge on any atom is -0.353 e. The smallest absolute Gasteiger partial charge is 0.240 e. The highest BCUT2D eigenvalue weighted by Crippen LogP contribution is 2.31. The third-order valence-electron chi connectivity index (χ3n) is 3.46. The first-order chi connectivity index (χ1) is 11.9. The van der Waals surface area contributed by atoms with Gasteiger partial charge in [-0.2, -0.15) is 4.80 Å². The van der Waals surface area contributed by atoms with Crippen LogP contribution in [0.15, 0.2) is 47.4 Å². The molecule has 2 N–H and O–H groups in total. The number of aryl methyl sites for hydroxylation is 1. The number of aromatic nitrogens is 4. The number of nitrogens with zero attached hydrogens (tertiary/aromatic N) is 4. The average molecular weight is 362 g/mol. The van der Waals surface area contributed by atoms with Crippen LogP contribution in [0, 0.1) is 5.82 Å². The Morgan fingerprint density at radius 2 is 1.88 bits per heavy atom. The molecule has 25 heavy (non-hydrogen) atoms. The van der Waals surface area contributed by atoms with E-state index in [0.29, 0.717) is 11.3 Å². The van der Waals surface area contributed by atoms with Gasteiger partial charge >= 0.3 is 0 Å². The van der Waals surface area contributed by atoms with Crippen molar-refractivity contribution in [3.63, 3.8) is 0 Å². The number of rotatable bonds is 5. The normalized spacial score (nSPS) is 11.5. The molecule has 0 unspecified atom stereocenters. The van der Waals surface area contributed by atoms with Crippen molar-refractivity contribution in [2.75, 3.05) is 12.4 Å². The van der Waals surface area contributed by atoms with Gasteiger partial charge in [0.05, 0.1) is 17.6 Å². The lowest BCUT2D eigenvalue weighted by Crippen LogP contribution is -2.18. The number of sulfonamides is 1. The molecule has 8 nitrogen and oxygen atoms in total. The van der Waals surface area contributed by atoms with Crippen LogP contribution in [-0.2, 0) is 17.1 Å². The van der Waals surface area contributed by atoms with E-state index in [9.17, 15) is 12.8 Å². The van der Waals surface area contributed by atoms with Gasteiger partial charge in [0.2, 0.25) is 15.8 Å². The van der Waals surface area contributed by atoms with Crippen LogP contribution >= 0.6 is 0 Å². The predicted molar refractivity (Wildman–Crippen MR) is 90.2 cm³/mol. The van der Waals surface area contributed by atoms with Crippen LogP contribution in [0.4, 0.5) is 15.8 Å². The quantitative estimate of drug-likeness (QED) is 0.716. The zero-order valence-corrected chi connectivity index (χ0v) is 14.2. The van der Waals surface area contributed by atoms with E-state index in [1.165, 1.54) is 36.1 Å². The minimum absolute atomic E-state index is 0.0385. The largest absolute Gasteiger partial charge is 0.353 e. The summed E-state index contributed by atoms with van der Waals surface area (Å²) in [5, 5.41) is 14.7. The van der Waals surface area contributed by atoms with E-state index in [2.05, 4.69) is 25.4 Å². The second-order valence-electron chi connectivity index (χ2n) is 5.12. The fourth-order valence-corrected chi connectivity index (χ4v) is 2.96. The van der Waals surface area contributed by atoms with E-state index >= 15 is 0 Å². The van der Waals surface area contributed by atoms with Gasteiger partial charge in [-0.05, 0) is 42.6 Å². The maximum atomic E-state index is 13.9. The summed E-state index contributed by atoms with van der Waals surface area (Å²) in [7, 11) is -0.742. The van der Waals surface area contributed by atoms with Gasteiger partial charge in [0.25, 0.3) is 0 Å². The van der Waals surface area contributed by atoms with Crippen LogP contribution in [-0.4, -0.2) is 35.7 Å². The lowest BCUT2D eigenvalue weighted by molar-refractivity contribution is 0.588. The average Bonchev–Trinajstić information content (AvgIpc) is 3.03. The topological polar surface area (TPSA) is 102 Å². The Morgan fingerprint density at radius 3 is 2.52 bits per heavy atom. The Bertz CT molecular complexity index is 1020. The predicted octanol–water partition coefficient (Wildman–Crippen LogP) is 1.67. The molecule has 3 aromatic rings. The van der Waals surface area contributed by atoms with Crippen LogP contribution in [0.2, 0.25) is 0 Å². The van der Waals surface area contributed by atoms with Crippen molar-refractivity contribution < 1.29 is 12.8 Å². The monoisotopic (exact) mass is 362 g/mol. The number of tetrazole rings is 1. The molecule has 130 valence electrons. The lowest BCUT2D eigenvalue weighted by atomic mass is 10.1. The van der Waals surface area contributed by atoms with Crippen molar-refractivity contribution in [1.29, 1.82) is 0 Å². The van der Waals surface area contributed by atoms with Crippen molar-refractivity contribution in [1.82, 2.24) is 24.9 Å². The van der Waals surface area contributed by atoms with Crippen LogP contribution < -0.4 is 10.0 Å². The summed E-state index contributed by atoms with van der Waals surface area (Å²) in [4.78, 5) is 1.29. The molecule has 0 spiro atoms. The SMILES string of the molecule is CNS(=O)(=O)c1ccc(Nc2ccccc2F)c(-c2nnn(C)n2)c1. The van der Waals surface area contributed by atoms with E-state index in [4.69, 9.17) is 0 Å². The van der Waals surface area contributed by atoms with Crippen molar-refractivity contribution in [3.8, 4) is 11.4 Å². The Balaban J connectivity index is 2.13. The molecule has 1 aromatic heterocycles. The lowest BCUT2D eigenvalue weighted by Gasteiger charge is -2.12. The molecule has 0 radical (unpaired) electrons. The summed E-state index contributed by atoms with van der Waals surface area (Å²) in [5.41, 5.74) is 1.08. The van der Waals surface area contributed by atoms with Gasteiger partial charge in [0, 0.05) is 11.3 Å². The molecule has 0 amide bonds. The van der Waals surface area contributed by atoms with E-state index in [-0.39, 0.29) is 16.4 Å².